The van der Waals surface area contributed by atoms with E-state index in [0.29, 0.717) is 31.8 Å². The van der Waals surface area contributed by atoms with Crippen LogP contribution in [0.2, 0.25) is 0 Å². The molecule has 0 bridgehead atoms. The molecular formula is C27H39N3O4. The van der Waals surface area contributed by atoms with Crippen LogP contribution in [0.25, 0.3) is 0 Å². The molecule has 4 rings (SSSR count). The van der Waals surface area contributed by atoms with Crippen LogP contribution in [0.4, 0.5) is 11.4 Å². The zero-order valence-corrected chi connectivity index (χ0v) is 21.1. The molecule has 3 aliphatic rings. The van der Waals surface area contributed by atoms with Crippen LogP contribution in [-0.2, 0) is 14.4 Å². The Balaban J connectivity index is 1.61. The number of nitrogens with one attached hydrogen (secondary N) is 1. The number of hydrogen-bond acceptors (Lipinski definition) is 5. The molecule has 34 heavy (non-hydrogen) atoms. The van der Waals surface area contributed by atoms with Crippen LogP contribution in [0, 0.1) is 11.8 Å². The maximum Gasteiger partial charge on any atom is 0.270 e. The number of benzene rings is 1. The number of carbonyl (C=O) groups excluding carboxylic acids is 3. The number of ketones is 1. The number of carbonyl (C=O) groups is 3. The second-order valence-corrected chi connectivity index (χ2v) is 10.6. The van der Waals surface area contributed by atoms with Crippen molar-refractivity contribution in [2.45, 2.75) is 84.3 Å². The van der Waals surface area contributed by atoms with Gasteiger partial charge >= 0.3 is 0 Å². The fourth-order valence-corrected chi connectivity index (χ4v) is 5.11. The van der Waals surface area contributed by atoms with E-state index in [0.717, 1.165) is 49.9 Å². The minimum absolute atomic E-state index is 0.0428. The highest BCUT2D eigenvalue weighted by molar-refractivity contribution is 6.04. The lowest BCUT2D eigenvalue weighted by Crippen LogP contribution is -2.53. The molecule has 2 fully saturated rings. The van der Waals surface area contributed by atoms with Gasteiger partial charge in [0.15, 0.2) is 5.60 Å². The molecule has 0 radical (unpaired) electrons. The molecule has 2 atom stereocenters. The molecule has 1 aromatic rings. The van der Waals surface area contributed by atoms with E-state index in [4.69, 9.17) is 4.74 Å². The van der Waals surface area contributed by atoms with Crippen LogP contribution < -0.4 is 19.9 Å². The molecule has 186 valence electrons. The first-order chi connectivity index (χ1) is 16.2. The Morgan fingerprint density at radius 3 is 2.56 bits per heavy atom. The number of ether oxygens (including phenoxy) is 1. The topological polar surface area (TPSA) is 79.0 Å². The third-order valence-electron chi connectivity index (χ3n) is 7.30. The van der Waals surface area contributed by atoms with Crippen molar-refractivity contribution < 1.29 is 19.1 Å². The number of anilines is 2. The highest BCUT2D eigenvalue weighted by atomic mass is 16.5. The quantitative estimate of drug-likeness (QED) is 0.552. The van der Waals surface area contributed by atoms with Gasteiger partial charge in [-0.25, -0.2) is 0 Å². The lowest BCUT2D eigenvalue weighted by molar-refractivity contribution is -0.132. The summed E-state index contributed by atoms with van der Waals surface area (Å²) in [5.41, 5.74) is 0.645. The first-order valence-electron chi connectivity index (χ1n) is 12.9. The number of fused-ring (bicyclic) bond motifs is 1. The summed E-state index contributed by atoms with van der Waals surface area (Å²) in [6.07, 6.45) is 6.84. The monoisotopic (exact) mass is 469 g/mol. The van der Waals surface area contributed by atoms with E-state index in [2.05, 4.69) is 12.2 Å². The van der Waals surface area contributed by atoms with E-state index in [1.807, 2.05) is 41.8 Å². The normalized spacial score (nSPS) is 23.8. The zero-order valence-electron chi connectivity index (χ0n) is 21.1. The van der Waals surface area contributed by atoms with Crippen molar-refractivity contribution in [2.24, 2.45) is 11.8 Å². The zero-order chi connectivity index (χ0) is 24.5. The van der Waals surface area contributed by atoms with Gasteiger partial charge in [0, 0.05) is 37.3 Å². The van der Waals surface area contributed by atoms with E-state index < -0.39 is 5.60 Å². The van der Waals surface area contributed by atoms with Crippen LogP contribution in [0.15, 0.2) is 18.2 Å². The minimum atomic E-state index is -0.916. The second kappa shape index (κ2) is 10.1. The Morgan fingerprint density at radius 1 is 1.15 bits per heavy atom. The Kier molecular flexibility index (Phi) is 7.31. The number of unbranched alkanes of at least 4 members (excludes halogenated alkanes) is 3. The molecule has 2 heterocycles. The third-order valence-corrected chi connectivity index (χ3v) is 7.30. The number of amides is 2. The van der Waals surface area contributed by atoms with Crippen LogP contribution in [0.5, 0.6) is 5.75 Å². The molecular weight excluding hydrogens is 430 g/mol. The molecule has 0 spiro atoms. The van der Waals surface area contributed by atoms with Gasteiger partial charge in [0.1, 0.15) is 11.5 Å². The predicted octanol–water partition coefficient (Wildman–Crippen LogP) is 4.08. The van der Waals surface area contributed by atoms with Crippen LogP contribution in [-0.4, -0.2) is 48.9 Å². The first kappa shape index (κ1) is 24.7. The van der Waals surface area contributed by atoms with E-state index in [-0.39, 0.29) is 35.5 Å². The maximum absolute atomic E-state index is 13.7. The Bertz CT molecular complexity index is 940. The van der Waals surface area contributed by atoms with Gasteiger partial charge in [0.25, 0.3) is 5.91 Å². The molecule has 7 heteroatoms. The van der Waals surface area contributed by atoms with E-state index in [9.17, 15) is 14.4 Å². The average molecular weight is 470 g/mol. The van der Waals surface area contributed by atoms with Crippen molar-refractivity contribution in [1.82, 2.24) is 5.32 Å². The molecule has 1 saturated carbocycles. The number of Topliss-reactive ketones (excluding diaryl/α,β-unsaturated/α-hetero) is 1. The summed E-state index contributed by atoms with van der Waals surface area (Å²) >= 11 is 0. The summed E-state index contributed by atoms with van der Waals surface area (Å²) in [6, 6.07) is 5.97. The highest BCUT2D eigenvalue weighted by Crippen LogP contribution is 2.43. The van der Waals surface area contributed by atoms with Crippen LogP contribution in [0.1, 0.15) is 72.6 Å². The van der Waals surface area contributed by atoms with Crippen molar-refractivity contribution in [1.29, 1.82) is 0 Å². The van der Waals surface area contributed by atoms with Crippen LogP contribution >= 0.6 is 0 Å². The summed E-state index contributed by atoms with van der Waals surface area (Å²) in [5.74, 6) is 0.509. The molecule has 1 saturated heterocycles. The lowest BCUT2D eigenvalue weighted by atomic mass is 9.87. The Labute approximate surface area is 203 Å². The van der Waals surface area contributed by atoms with Crippen molar-refractivity contribution in [3.8, 4) is 5.75 Å². The van der Waals surface area contributed by atoms with Crippen molar-refractivity contribution in [2.75, 3.05) is 29.4 Å². The largest absolute Gasteiger partial charge is 0.476 e. The number of nitrogens with zero attached hydrogens (tertiary/aromatic N) is 2. The van der Waals surface area contributed by atoms with Crippen molar-refractivity contribution in [3.63, 3.8) is 0 Å². The van der Waals surface area contributed by atoms with Gasteiger partial charge in [0.05, 0.1) is 11.6 Å². The lowest BCUT2D eigenvalue weighted by Gasteiger charge is -2.40. The third kappa shape index (κ3) is 5.14. The SMILES string of the molecule is CCCCCCN1C(=O)C(C)(C)Oc2ccc(N(C(=O)[C@H]3CNC[C@@H](C(C)=O)C3)C3CC3)cc21. The van der Waals surface area contributed by atoms with E-state index in [1.54, 1.807) is 6.92 Å². The summed E-state index contributed by atoms with van der Waals surface area (Å²) in [6.45, 7) is 9.29. The molecule has 2 aliphatic heterocycles. The fourth-order valence-electron chi connectivity index (χ4n) is 5.11. The standard InChI is InChI=1S/C27H39N3O4/c1-5-6-7-8-13-29-23-15-22(11-12-24(23)34-27(3,4)26(29)33)30(21-9-10-21)25(32)20-14-19(18(2)31)16-28-17-20/h11-12,15,19-21,28H,5-10,13-14,16-17H2,1-4H3/t19-,20+/m0/s1. The summed E-state index contributed by atoms with van der Waals surface area (Å²) < 4.78 is 6.08. The van der Waals surface area contributed by atoms with E-state index in [1.165, 1.54) is 0 Å². The molecule has 0 unspecified atom stereocenters. The number of hydrogen-bond donors (Lipinski definition) is 1. The van der Waals surface area contributed by atoms with E-state index >= 15 is 0 Å². The molecule has 1 aromatic carbocycles. The van der Waals surface area contributed by atoms with Gasteiger partial charge in [-0.2, -0.15) is 0 Å². The molecule has 2 amide bonds. The van der Waals surface area contributed by atoms with Crippen molar-refractivity contribution in [3.05, 3.63) is 18.2 Å². The van der Waals surface area contributed by atoms with Gasteiger partial charge in [-0.3, -0.25) is 14.4 Å². The molecule has 1 N–H and O–H groups in total. The fraction of sp³-hybridized carbons (Fsp3) is 0.667. The van der Waals surface area contributed by atoms with Gasteiger partial charge in [-0.1, -0.05) is 26.2 Å². The van der Waals surface area contributed by atoms with Crippen molar-refractivity contribution >= 4 is 29.0 Å². The van der Waals surface area contributed by atoms with Gasteiger partial charge in [-0.15, -0.1) is 0 Å². The highest BCUT2D eigenvalue weighted by Gasteiger charge is 2.43. The Hall–Kier alpha value is -2.41. The predicted molar refractivity (Wildman–Crippen MR) is 133 cm³/mol. The first-order valence-corrected chi connectivity index (χ1v) is 12.9. The number of rotatable bonds is 9. The summed E-state index contributed by atoms with van der Waals surface area (Å²) in [7, 11) is 0. The summed E-state index contributed by atoms with van der Waals surface area (Å²) in [5, 5.41) is 3.28. The second-order valence-electron chi connectivity index (χ2n) is 10.6. The summed E-state index contributed by atoms with van der Waals surface area (Å²) in [4.78, 5) is 42.6. The minimum Gasteiger partial charge on any atom is -0.476 e. The number of piperidine rings is 1. The smallest absolute Gasteiger partial charge is 0.270 e. The molecule has 7 nitrogen and oxygen atoms in total. The van der Waals surface area contributed by atoms with Gasteiger partial charge < -0.3 is 19.9 Å². The van der Waals surface area contributed by atoms with Crippen LogP contribution in [0.3, 0.4) is 0 Å². The average Bonchev–Trinajstić information content (AvgIpc) is 3.64. The molecule has 1 aliphatic carbocycles. The van der Waals surface area contributed by atoms with Gasteiger partial charge in [0.2, 0.25) is 5.91 Å². The Morgan fingerprint density at radius 2 is 1.88 bits per heavy atom. The molecule has 0 aromatic heterocycles. The van der Waals surface area contributed by atoms with Gasteiger partial charge in [-0.05, 0) is 64.7 Å². The maximum atomic E-state index is 13.7.